The third kappa shape index (κ3) is 22.5. The zero-order valence-electron chi connectivity index (χ0n) is 45.8. The van der Waals surface area contributed by atoms with E-state index < -0.39 is 107 Å². The molecule has 9 amide bonds. The first-order valence-electron chi connectivity index (χ1n) is 26.2. The molecule has 440 valence electrons. The number of carbonyl (C=O) groups excluding carboxylic acids is 9. The van der Waals surface area contributed by atoms with Gasteiger partial charge in [-0.15, -0.1) is 0 Å². The first kappa shape index (κ1) is 66.5. The zero-order chi connectivity index (χ0) is 59.6. The number of aliphatic imine (C=N–C) groups is 2. The quantitative estimate of drug-likeness (QED) is 0.0135. The predicted molar refractivity (Wildman–Crippen MR) is 311 cm³/mol. The Labute approximate surface area is 476 Å². The standard InChI is InChI=1S/C52H80N16O10S2/c1-6-28(4)42(68-47(75)38(21-27(2)3)65-48(76)40(25-79)61-29(5)69)50(78)66-39(23-31-24-60-34-12-8-7-11-33(31)34)46(74)62-36(14-10-20-59-52(56)57)45(73)67-41(26-80)49(77)63-35(13-9-19-58-51(54)55)44(72)64-37(43(53)71)22-30-15-17-32(70)18-16-30/h7-8,11-12,15-18,24,27-28,35-42,60,70,79-80H,6,9-10,13-14,19-23,25-26H2,1-5H3,(H2,53,71)(H,61,69)(H,62,74)(H,63,77)(H,64,72)(H,65,76)(H,66,78)(H,67,73)(H,68,75)(H4,54,55,58)(H4,56,57,59)/t28-,35-,36-,37-,38-,39+,40+,41-,42-/m0/s1. The van der Waals surface area contributed by atoms with Gasteiger partial charge in [0.05, 0.1) is 0 Å². The van der Waals surface area contributed by atoms with E-state index in [1.54, 1.807) is 38.2 Å². The number of nitrogens with two attached hydrogens (primary N) is 5. The van der Waals surface area contributed by atoms with Crippen molar-refractivity contribution in [3.8, 4) is 5.75 Å². The summed E-state index contributed by atoms with van der Waals surface area (Å²) in [6, 6.07) is 2.90. The van der Waals surface area contributed by atoms with E-state index in [-0.39, 0.29) is 93.1 Å². The van der Waals surface area contributed by atoms with Crippen LogP contribution in [0.3, 0.4) is 0 Å². The van der Waals surface area contributed by atoms with Crippen LogP contribution in [0.5, 0.6) is 5.75 Å². The summed E-state index contributed by atoms with van der Waals surface area (Å²) >= 11 is 8.52. The molecule has 0 aliphatic carbocycles. The second-order valence-electron chi connectivity index (χ2n) is 19.7. The highest BCUT2D eigenvalue weighted by Gasteiger charge is 2.36. The number of amides is 9. The normalized spacial score (nSPS) is 14.4. The molecule has 0 unspecified atom stereocenters. The predicted octanol–water partition coefficient (Wildman–Crippen LogP) is -1.90. The number of aromatic amines is 1. The largest absolute Gasteiger partial charge is 0.508 e. The van der Waals surface area contributed by atoms with Crippen molar-refractivity contribution in [3.63, 3.8) is 0 Å². The van der Waals surface area contributed by atoms with E-state index in [1.807, 2.05) is 32.0 Å². The maximum atomic E-state index is 14.8. The van der Waals surface area contributed by atoms with E-state index in [0.29, 0.717) is 17.5 Å². The first-order valence-corrected chi connectivity index (χ1v) is 27.5. The highest BCUT2D eigenvalue weighted by molar-refractivity contribution is 7.80. The number of nitrogens with zero attached hydrogens (tertiary/aromatic N) is 2. The summed E-state index contributed by atoms with van der Waals surface area (Å²) in [5, 5.41) is 31.8. The van der Waals surface area contributed by atoms with Crippen LogP contribution in [0.15, 0.2) is 64.7 Å². The van der Waals surface area contributed by atoms with Crippen molar-refractivity contribution in [1.82, 2.24) is 47.5 Å². The van der Waals surface area contributed by atoms with E-state index >= 15 is 0 Å². The average Bonchev–Trinajstić information content (AvgIpc) is 3.87. The molecule has 2 aromatic carbocycles. The Bertz CT molecular complexity index is 2640. The molecule has 26 nitrogen and oxygen atoms in total. The number of benzene rings is 2. The fourth-order valence-electron chi connectivity index (χ4n) is 8.28. The number of para-hydroxylation sites is 1. The summed E-state index contributed by atoms with van der Waals surface area (Å²) in [6.45, 7) is 8.55. The van der Waals surface area contributed by atoms with Gasteiger partial charge in [0.15, 0.2) is 11.9 Å². The number of rotatable bonds is 34. The van der Waals surface area contributed by atoms with Crippen molar-refractivity contribution < 1.29 is 48.3 Å². The number of nitrogens with one attached hydrogen (secondary N) is 9. The second-order valence-corrected chi connectivity index (χ2v) is 20.5. The molecule has 0 radical (unpaired) electrons. The van der Waals surface area contributed by atoms with E-state index in [1.165, 1.54) is 19.1 Å². The molecular weight excluding hydrogens is 1070 g/mol. The summed E-state index contributed by atoms with van der Waals surface area (Å²) in [5.74, 6) is -8.28. The number of phenolic OH excluding ortho intramolecular Hbond substituents is 1. The van der Waals surface area contributed by atoms with Gasteiger partial charge in [-0.05, 0) is 73.3 Å². The number of aromatic hydroxyl groups is 1. The molecule has 1 aromatic heterocycles. The van der Waals surface area contributed by atoms with Gasteiger partial charge in [-0.1, -0.05) is 64.4 Å². The molecule has 3 rings (SSSR count). The molecule has 0 saturated carbocycles. The van der Waals surface area contributed by atoms with E-state index in [9.17, 15) is 48.3 Å². The van der Waals surface area contributed by atoms with Crippen molar-refractivity contribution in [1.29, 1.82) is 0 Å². The fourth-order valence-corrected chi connectivity index (χ4v) is 8.79. The van der Waals surface area contributed by atoms with E-state index in [0.717, 1.165) is 10.9 Å². The van der Waals surface area contributed by atoms with Crippen molar-refractivity contribution >= 4 is 101 Å². The monoisotopic (exact) mass is 1150 g/mol. The van der Waals surface area contributed by atoms with Gasteiger partial charge in [0.2, 0.25) is 53.2 Å². The molecule has 20 N–H and O–H groups in total. The Morgan fingerprint density at radius 3 is 1.54 bits per heavy atom. The molecule has 3 aromatic rings. The summed E-state index contributed by atoms with van der Waals surface area (Å²) < 4.78 is 0. The molecule has 0 fully saturated rings. The third-order valence-electron chi connectivity index (χ3n) is 12.7. The highest BCUT2D eigenvalue weighted by Crippen LogP contribution is 2.21. The molecule has 0 aliphatic rings. The van der Waals surface area contributed by atoms with Gasteiger partial charge < -0.3 is 81.3 Å². The number of aromatic nitrogens is 1. The number of phenols is 1. The number of H-pyrrole nitrogens is 1. The van der Waals surface area contributed by atoms with Crippen LogP contribution in [0.4, 0.5) is 0 Å². The Kier molecular flexibility index (Phi) is 28.0. The number of guanidine groups is 2. The molecule has 0 spiro atoms. The molecule has 0 aliphatic heterocycles. The molecule has 0 bridgehead atoms. The molecule has 9 atom stereocenters. The van der Waals surface area contributed by atoms with Gasteiger partial charge in [0.1, 0.15) is 54.1 Å². The maximum Gasteiger partial charge on any atom is 0.244 e. The Balaban J connectivity index is 1.98. The van der Waals surface area contributed by atoms with E-state index in [2.05, 4.69) is 82.8 Å². The minimum absolute atomic E-state index is 0.0190. The molecule has 0 saturated heterocycles. The topological polar surface area (TPSA) is 441 Å². The van der Waals surface area contributed by atoms with Crippen molar-refractivity contribution in [3.05, 3.63) is 65.9 Å². The summed E-state index contributed by atoms with van der Waals surface area (Å²) in [5.41, 5.74) is 29.7. The summed E-state index contributed by atoms with van der Waals surface area (Å²) in [4.78, 5) is 135. The molecule has 28 heteroatoms. The minimum Gasteiger partial charge on any atom is -0.508 e. The molecular formula is C52H80N16O10S2. The third-order valence-corrected chi connectivity index (χ3v) is 13.5. The number of primary amides is 1. The van der Waals surface area contributed by atoms with Gasteiger partial charge in [0, 0.05) is 61.5 Å². The lowest BCUT2D eigenvalue weighted by atomic mass is 9.95. The lowest BCUT2D eigenvalue weighted by Crippen LogP contribution is -2.61. The lowest BCUT2D eigenvalue weighted by molar-refractivity contribution is -0.136. The maximum absolute atomic E-state index is 14.8. The van der Waals surface area contributed by atoms with Crippen LogP contribution in [0.25, 0.3) is 10.9 Å². The number of carbonyl (C=O) groups is 9. The van der Waals surface area contributed by atoms with Crippen molar-refractivity contribution in [2.75, 3.05) is 24.6 Å². The Morgan fingerprint density at radius 1 is 0.575 bits per heavy atom. The summed E-state index contributed by atoms with van der Waals surface area (Å²) in [7, 11) is 0. The number of fused-ring (bicyclic) bond motifs is 1. The van der Waals surface area contributed by atoms with Crippen LogP contribution in [-0.4, -0.2) is 148 Å². The van der Waals surface area contributed by atoms with Crippen LogP contribution in [-0.2, 0) is 56.0 Å². The SMILES string of the molecule is CC[C@H](C)[C@H](NC(=O)[C@H](CC(C)C)NC(=O)[C@@H](CS)NC(C)=O)C(=O)N[C@H](Cc1c[nH]c2ccccc12)C(=O)N[C@@H](CCCN=C(N)N)C(=O)N[C@@H](CS)C(=O)N[C@@H](CCCN=C(N)N)C(=O)N[C@@H](Cc1ccc(O)cc1)C(N)=O. The van der Waals surface area contributed by atoms with Crippen LogP contribution in [0.2, 0.25) is 0 Å². The molecule has 80 heavy (non-hydrogen) atoms. The van der Waals surface area contributed by atoms with Crippen LogP contribution >= 0.6 is 25.3 Å². The summed E-state index contributed by atoms with van der Waals surface area (Å²) in [6.07, 6.45) is 2.21. The van der Waals surface area contributed by atoms with Crippen molar-refractivity contribution in [2.24, 2.45) is 50.5 Å². The zero-order valence-corrected chi connectivity index (χ0v) is 47.5. The Hall–Kier alpha value is -7.75. The first-order chi connectivity index (χ1) is 37.9. The van der Waals surface area contributed by atoms with Gasteiger partial charge in [-0.3, -0.25) is 53.1 Å². The second kappa shape index (κ2) is 33.6. The number of thiol groups is 2. The van der Waals surface area contributed by atoms with E-state index in [4.69, 9.17) is 28.7 Å². The number of hydrogen-bond acceptors (Lipinski definition) is 14. The highest BCUT2D eigenvalue weighted by atomic mass is 32.1. The number of hydrogen-bond donors (Lipinski definition) is 17. The van der Waals surface area contributed by atoms with Gasteiger partial charge in [-0.25, -0.2) is 0 Å². The van der Waals surface area contributed by atoms with Crippen LogP contribution < -0.4 is 71.2 Å². The minimum atomic E-state index is -1.43. The fraction of sp³-hybridized carbons (Fsp3) is 0.519. The van der Waals surface area contributed by atoms with Crippen LogP contribution in [0.1, 0.15) is 84.3 Å². The van der Waals surface area contributed by atoms with Gasteiger partial charge >= 0.3 is 0 Å². The Morgan fingerprint density at radius 2 is 1.04 bits per heavy atom. The smallest absolute Gasteiger partial charge is 0.244 e. The van der Waals surface area contributed by atoms with Gasteiger partial charge in [-0.2, -0.15) is 25.3 Å². The molecule has 1 heterocycles. The van der Waals surface area contributed by atoms with Crippen LogP contribution in [0, 0.1) is 11.8 Å². The average molecular weight is 1150 g/mol. The van der Waals surface area contributed by atoms with Crippen molar-refractivity contribution in [2.45, 2.75) is 134 Å². The van der Waals surface area contributed by atoms with Gasteiger partial charge in [0.25, 0.3) is 0 Å². The lowest BCUT2D eigenvalue weighted by Gasteiger charge is -2.30.